The highest BCUT2D eigenvalue weighted by Crippen LogP contribution is 2.33. The molecule has 2 heterocycles. The first-order valence-corrected chi connectivity index (χ1v) is 9.21. The molecule has 1 atom stereocenters. The van der Waals surface area contributed by atoms with Crippen molar-refractivity contribution in [2.24, 2.45) is 5.92 Å². The summed E-state index contributed by atoms with van der Waals surface area (Å²) in [5, 5.41) is 3.28. The number of nitrogens with one attached hydrogen (secondary N) is 1. The molecule has 1 fully saturated rings. The SMILES string of the molecule is O=S(=O)(CC1CCCNC1)N1CCCOc2ccccc21. The van der Waals surface area contributed by atoms with Crippen LogP contribution in [-0.4, -0.2) is 40.4 Å². The van der Waals surface area contributed by atoms with Crippen molar-refractivity contribution in [3.05, 3.63) is 24.3 Å². The predicted octanol–water partition coefficient (Wildman–Crippen LogP) is 1.60. The van der Waals surface area contributed by atoms with Gasteiger partial charge in [0, 0.05) is 13.0 Å². The number of ether oxygens (including phenoxy) is 1. The second-order valence-electron chi connectivity index (χ2n) is 5.73. The van der Waals surface area contributed by atoms with Gasteiger partial charge in [-0.2, -0.15) is 0 Å². The van der Waals surface area contributed by atoms with E-state index in [9.17, 15) is 8.42 Å². The molecular formula is C15H22N2O3S. The summed E-state index contributed by atoms with van der Waals surface area (Å²) in [6.45, 7) is 2.86. The molecule has 0 bridgehead atoms. The summed E-state index contributed by atoms with van der Waals surface area (Å²) in [7, 11) is -3.31. The lowest BCUT2D eigenvalue weighted by atomic mass is 10.0. The molecule has 1 aromatic rings. The van der Waals surface area contributed by atoms with Crippen molar-refractivity contribution in [3.63, 3.8) is 0 Å². The number of hydrogen-bond acceptors (Lipinski definition) is 4. The number of fused-ring (bicyclic) bond motifs is 1. The molecule has 116 valence electrons. The van der Waals surface area contributed by atoms with Gasteiger partial charge >= 0.3 is 0 Å². The fourth-order valence-electron chi connectivity index (χ4n) is 3.04. The summed E-state index contributed by atoms with van der Waals surface area (Å²) in [6.07, 6.45) is 2.76. The average Bonchev–Trinajstić information content (AvgIpc) is 2.70. The molecule has 6 heteroatoms. The maximum absolute atomic E-state index is 12.8. The Balaban J connectivity index is 1.84. The summed E-state index contributed by atoms with van der Waals surface area (Å²) < 4.78 is 32.8. The van der Waals surface area contributed by atoms with Crippen LogP contribution in [0.15, 0.2) is 24.3 Å². The molecule has 1 aromatic carbocycles. The van der Waals surface area contributed by atoms with E-state index in [1.165, 1.54) is 0 Å². The molecule has 0 aromatic heterocycles. The van der Waals surface area contributed by atoms with Crippen molar-refractivity contribution in [1.82, 2.24) is 5.32 Å². The summed E-state index contributed by atoms with van der Waals surface area (Å²) in [6, 6.07) is 7.40. The van der Waals surface area contributed by atoms with Crippen LogP contribution in [-0.2, 0) is 10.0 Å². The topological polar surface area (TPSA) is 58.6 Å². The molecule has 2 aliphatic rings. The Morgan fingerprint density at radius 1 is 1.29 bits per heavy atom. The molecule has 1 N–H and O–H groups in total. The van der Waals surface area contributed by atoms with E-state index in [0.29, 0.717) is 24.6 Å². The Morgan fingerprint density at radius 2 is 2.14 bits per heavy atom. The van der Waals surface area contributed by atoms with E-state index in [1.54, 1.807) is 4.31 Å². The summed E-state index contributed by atoms with van der Waals surface area (Å²) in [5.74, 6) is 1.09. The van der Waals surface area contributed by atoms with Crippen molar-refractivity contribution in [1.29, 1.82) is 0 Å². The van der Waals surface area contributed by atoms with Crippen LogP contribution in [0, 0.1) is 5.92 Å². The molecule has 5 nitrogen and oxygen atoms in total. The van der Waals surface area contributed by atoms with E-state index >= 15 is 0 Å². The van der Waals surface area contributed by atoms with Crippen LogP contribution in [0.25, 0.3) is 0 Å². The summed E-state index contributed by atoms with van der Waals surface area (Å²) in [5.41, 5.74) is 0.679. The van der Waals surface area contributed by atoms with Crippen molar-refractivity contribution in [3.8, 4) is 5.75 Å². The minimum atomic E-state index is -3.31. The third-order valence-corrected chi connectivity index (χ3v) is 6.02. The fourth-order valence-corrected chi connectivity index (χ4v) is 4.96. The van der Waals surface area contributed by atoms with Crippen molar-refractivity contribution in [2.75, 3.05) is 36.3 Å². The van der Waals surface area contributed by atoms with E-state index in [4.69, 9.17) is 4.74 Å². The number of anilines is 1. The molecule has 21 heavy (non-hydrogen) atoms. The van der Waals surface area contributed by atoms with Crippen LogP contribution in [0.2, 0.25) is 0 Å². The molecule has 0 aliphatic carbocycles. The van der Waals surface area contributed by atoms with Gasteiger partial charge in [-0.1, -0.05) is 12.1 Å². The number of piperidine rings is 1. The summed E-state index contributed by atoms with van der Waals surface area (Å²) in [4.78, 5) is 0. The Kier molecular flexibility index (Phi) is 4.35. The second kappa shape index (κ2) is 6.23. The number of para-hydroxylation sites is 2. The molecule has 0 spiro atoms. The zero-order valence-electron chi connectivity index (χ0n) is 12.1. The number of benzene rings is 1. The minimum Gasteiger partial charge on any atom is -0.491 e. The van der Waals surface area contributed by atoms with Gasteiger partial charge in [-0.25, -0.2) is 8.42 Å². The molecular weight excluding hydrogens is 288 g/mol. The van der Waals surface area contributed by atoms with Gasteiger partial charge in [0.15, 0.2) is 0 Å². The van der Waals surface area contributed by atoms with Gasteiger partial charge in [0.1, 0.15) is 5.75 Å². The van der Waals surface area contributed by atoms with Gasteiger partial charge in [-0.15, -0.1) is 0 Å². The zero-order valence-corrected chi connectivity index (χ0v) is 12.9. The maximum Gasteiger partial charge on any atom is 0.235 e. The first kappa shape index (κ1) is 14.7. The monoisotopic (exact) mass is 310 g/mol. The van der Waals surface area contributed by atoms with Crippen molar-refractivity contribution in [2.45, 2.75) is 19.3 Å². The number of nitrogens with zero attached hydrogens (tertiary/aromatic N) is 1. The predicted molar refractivity (Wildman–Crippen MR) is 83.3 cm³/mol. The Hall–Kier alpha value is -1.27. The van der Waals surface area contributed by atoms with Crippen LogP contribution in [0.5, 0.6) is 5.75 Å². The maximum atomic E-state index is 12.8. The number of rotatable bonds is 3. The molecule has 0 radical (unpaired) electrons. The molecule has 0 amide bonds. The highest BCUT2D eigenvalue weighted by atomic mass is 32.2. The van der Waals surface area contributed by atoms with Gasteiger partial charge in [0.2, 0.25) is 10.0 Å². The fraction of sp³-hybridized carbons (Fsp3) is 0.600. The van der Waals surface area contributed by atoms with Crippen LogP contribution < -0.4 is 14.4 Å². The van der Waals surface area contributed by atoms with Gasteiger partial charge in [-0.05, 0) is 44.0 Å². The zero-order chi connectivity index (χ0) is 14.7. The molecule has 3 rings (SSSR count). The van der Waals surface area contributed by atoms with E-state index < -0.39 is 10.0 Å². The lowest BCUT2D eigenvalue weighted by Crippen LogP contribution is -2.40. The van der Waals surface area contributed by atoms with Gasteiger partial charge < -0.3 is 10.1 Å². The van der Waals surface area contributed by atoms with Gasteiger partial charge in [0.25, 0.3) is 0 Å². The van der Waals surface area contributed by atoms with Crippen LogP contribution in [0.3, 0.4) is 0 Å². The smallest absolute Gasteiger partial charge is 0.235 e. The quantitative estimate of drug-likeness (QED) is 0.921. The molecule has 1 saturated heterocycles. The largest absolute Gasteiger partial charge is 0.491 e. The first-order chi connectivity index (χ1) is 10.2. The third kappa shape index (κ3) is 3.32. The normalized spacial score (nSPS) is 23.0. The molecule has 1 unspecified atom stereocenters. The lowest BCUT2D eigenvalue weighted by Gasteiger charge is -2.28. The van der Waals surface area contributed by atoms with Crippen LogP contribution >= 0.6 is 0 Å². The highest BCUT2D eigenvalue weighted by Gasteiger charge is 2.30. The standard InChI is InChI=1S/C15H22N2O3S/c18-21(19,12-13-5-3-8-16-11-13)17-9-4-10-20-15-7-2-1-6-14(15)17/h1-2,6-7,13,16H,3-5,8-12H2. The van der Waals surface area contributed by atoms with Gasteiger partial charge in [0.05, 0.1) is 18.0 Å². The Bertz CT molecular complexity index is 582. The van der Waals surface area contributed by atoms with E-state index in [2.05, 4.69) is 5.32 Å². The van der Waals surface area contributed by atoms with Crippen LogP contribution in [0.4, 0.5) is 5.69 Å². The Labute approximate surface area is 126 Å². The average molecular weight is 310 g/mol. The van der Waals surface area contributed by atoms with E-state index in [1.807, 2.05) is 24.3 Å². The van der Waals surface area contributed by atoms with E-state index in [-0.39, 0.29) is 11.7 Å². The molecule has 2 aliphatic heterocycles. The van der Waals surface area contributed by atoms with Gasteiger partial charge in [-0.3, -0.25) is 4.31 Å². The van der Waals surface area contributed by atoms with Crippen LogP contribution in [0.1, 0.15) is 19.3 Å². The minimum absolute atomic E-state index is 0.208. The summed E-state index contributed by atoms with van der Waals surface area (Å²) >= 11 is 0. The number of hydrogen-bond donors (Lipinski definition) is 1. The van der Waals surface area contributed by atoms with Crippen molar-refractivity contribution >= 4 is 15.7 Å². The third-order valence-electron chi connectivity index (χ3n) is 4.08. The Morgan fingerprint density at radius 3 is 2.95 bits per heavy atom. The highest BCUT2D eigenvalue weighted by molar-refractivity contribution is 7.92. The second-order valence-corrected chi connectivity index (χ2v) is 7.67. The van der Waals surface area contributed by atoms with Crippen molar-refractivity contribution < 1.29 is 13.2 Å². The lowest BCUT2D eigenvalue weighted by molar-refractivity contribution is 0.322. The number of sulfonamides is 1. The molecule has 0 saturated carbocycles. The first-order valence-electron chi connectivity index (χ1n) is 7.60. The van der Waals surface area contributed by atoms with E-state index in [0.717, 1.165) is 32.4 Å².